The summed E-state index contributed by atoms with van der Waals surface area (Å²) in [5.74, 6) is 0. The molecule has 0 saturated carbocycles. The van der Waals surface area contributed by atoms with Crippen molar-refractivity contribution in [3.05, 3.63) is 89.7 Å². The summed E-state index contributed by atoms with van der Waals surface area (Å²) in [6.45, 7) is 7.82. The van der Waals surface area contributed by atoms with Gasteiger partial charge in [0.2, 0.25) is 0 Å². The molecule has 28 heavy (non-hydrogen) atoms. The zero-order valence-electron chi connectivity index (χ0n) is 16.9. The number of rotatable bonds is 9. The molecule has 0 aliphatic heterocycles. The summed E-state index contributed by atoms with van der Waals surface area (Å²) in [5.41, 5.74) is 11.8. The minimum Gasteiger partial charge on any atom is -0.402 e. The highest BCUT2D eigenvalue weighted by atomic mass is 16.6. The van der Waals surface area contributed by atoms with Gasteiger partial charge in [-0.1, -0.05) is 36.0 Å². The molecule has 2 aromatic heterocycles. The maximum absolute atomic E-state index is 5.63. The molecule has 0 aromatic carbocycles. The quantitative estimate of drug-likeness (QED) is 0.398. The maximum Gasteiger partial charge on any atom is 0.106 e. The number of hydrogen-bond donors (Lipinski definition) is 1. The molecule has 0 unspecified atom stereocenters. The van der Waals surface area contributed by atoms with Gasteiger partial charge in [0.25, 0.3) is 0 Å². The van der Waals surface area contributed by atoms with E-state index in [1.165, 1.54) is 7.11 Å². The van der Waals surface area contributed by atoms with Gasteiger partial charge < -0.3 is 10.6 Å². The van der Waals surface area contributed by atoms with E-state index in [1.54, 1.807) is 0 Å². The second kappa shape index (κ2) is 10.8. The average Bonchev–Trinajstić information content (AvgIpc) is 2.68. The Morgan fingerprint density at radius 1 is 1.07 bits per heavy atom. The predicted molar refractivity (Wildman–Crippen MR) is 116 cm³/mol. The molecular formula is C23H28N4O. The van der Waals surface area contributed by atoms with Crippen LogP contribution in [0.2, 0.25) is 0 Å². The van der Waals surface area contributed by atoms with Crippen molar-refractivity contribution in [1.82, 2.24) is 9.97 Å². The van der Waals surface area contributed by atoms with Crippen molar-refractivity contribution in [3.63, 3.8) is 0 Å². The summed E-state index contributed by atoms with van der Waals surface area (Å²) in [7, 11) is 1.54. The first-order chi connectivity index (χ1) is 13.5. The summed E-state index contributed by atoms with van der Waals surface area (Å²) in [6.07, 6.45) is 8.37. The summed E-state index contributed by atoms with van der Waals surface area (Å²) >= 11 is 0. The first-order valence-corrected chi connectivity index (χ1v) is 9.29. The lowest BCUT2D eigenvalue weighted by Crippen LogP contribution is -2.03. The molecular weight excluding hydrogens is 348 g/mol. The first-order valence-electron chi connectivity index (χ1n) is 9.29. The van der Waals surface area contributed by atoms with E-state index in [4.69, 9.17) is 15.6 Å². The molecule has 0 spiro atoms. The zero-order valence-corrected chi connectivity index (χ0v) is 16.9. The van der Waals surface area contributed by atoms with E-state index in [0.717, 1.165) is 59.0 Å². The Morgan fingerprint density at radius 2 is 1.68 bits per heavy atom. The van der Waals surface area contributed by atoms with Crippen LogP contribution in [0.4, 0.5) is 0 Å². The second-order valence-corrected chi connectivity index (χ2v) is 6.54. The van der Waals surface area contributed by atoms with Gasteiger partial charge in [-0.05, 0) is 69.0 Å². The van der Waals surface area contributed by atoms with Crippen LogP contribution in [-0.4, -0.2) is 22.8 Å². The number of pyridine rings is 2. The predicted octanol–water partition coefficient (Wildman–Crippen LogP) is 4.45. The van der Waals surface area contributed by atoms with E-state index in [9.17, 15) is 0 Å². The van der Waals surface area contributed by atoms with E-state index >= 15 is 0 Å². The van der Waals surface area contributed by atoms with Crippen LogP contribution in [0.1, 0.15) is 43.0 Å². The lowest BCUT2D eigenvalue weighted by Gasteiger charge is -2.06. The smallest absolute Gasteiger partial charge is 0.106 e. The first kappa shape index (κ1) is 21.1. The van der Waals surface area contributed by atoms with Crippen molar-refractivity contribution in [2.45, 2.75) is 33.1 Å². The highest BCUT2D eigenvalue weighted by molar-refractivity contribution is 5.96. The molecule has 5 heteroatoms. The number of allylic oxidation sites excluding steroid dienone is 5. The molecule has 0 radical (unpaired) electrons. The maximum atomic E-state index is 5.63. The van der Waals surface area contributed by atoms with Crippen LogP contribution in [0.3, 0.4) is 0 Å². The Labute approximate surface area is 167 Å². The van der Waals surface area contributed by atoms with Gasteiger partial charge in [-0.15, -0.1) is 0 Å². The lowest BCUT2D eigenvalue weighted by molar-refractivity contribution is 0.213. The van der Waals surface area contributed by atoms with Gasteiger partial charge in [-0.2, -0.15) is 0 Å². The Bertz CT molecular complexity index is 893. The number of hydrogen-bond acceptors (Lipinski definition) is 5. The fourth-order valence-electron chi connectivity index (χ4n) is 2.65. The van der Waals surface area contributed by atoms with Gasteiger partial charge in [0.15, 0.2) is 0 Å². The number of nitrogens with zero attached hydrogens (tertiary/aromatic N) is 3. The summed E-state index contributed by atoms with van der Waals surface area (Å²) in [6, 6.07) is 12.0. The molecule has 2 heterocycles. The largest absolute Gasteiger partial charge is 0.402 e. The molecule has 0 atom stereocenters. The van der Waals surface area contributed by atoms with E-state index in [1.807, 2.05) is 68.5 Å². The fourth-order valence-corrected chi connectivity index (χ4v) is 2.65. The van der Waals surface area contributed by atoms with E-state index in [-0.39, 0.29) is 0 Å². The van der Waals surface area contributed by atoms with Crippen LogP contribution in [0.15, 0.2) is 72.1 Å². The van der Waals surface area contributed by atoms with Gasteiger partial charge >= 0.3 is 0 Å². The third kappa shape index (κ3) is 6.83. The highest BCUT2D eigenvalue weighted by Crippen LogP contribution is 2.14. The minimum absolute atomic E-state index is 0.757. The molecule has 2 rings (SSSR count). The van der Waals surface area contributed by atoms with Crippen molar-refractivity contribution in [1.29, 1.82) is 0 Å². The fraction of sp³-hybridized carbons (Fsp3) is 0.261. The van der Waals surface area contributed by atoms with E-state index in [0.29, 0.717) is 0 Å². The third-order valence-corrected chi connectivity index (χ3v) is 4.06. The third-order valence-electron chi connectivity index (χ3n) is 4.06. The minimum atomic E-state index is 0.757. The van der Waals surface area contributed by atoms with Gasteiger partial charge in [-0.3, -0.25) is 9.97 Å². The van der Waals surface area contributed by atoms with Crippen LogP contribution in [0.25, 0.3) is 5.57 Å². The molecule has 5 nitrogen and oxygen atoms in total. The lowest BCUT2D eigenvalue weighted by atomic mass is 10.1. The van der Waals surface area contributed by atoms with Crippen LogP contribution >= 0.6 is 0 Å². The van der Waals surface area contributed by atoms with Crippen molar-refractivity contribution in [2.75, 3.05) is 7.11 Å². The molecule has 0 amide bonds. The average molecular weight is 377 g/mol. The van der Waals surface area contributed by atoms with Gasteiger partial charge in [0.05, 0.1) is 11.4 Å². The van der Waals surface area contributed by atoms with Crippen LogP contribution in [-0.2, 0) is 17.7 Å². The van der Waals surface area contributed by atoms with Gasteiger partial charge in [-0.25, -0.2) is 0 Å². The number of nitrogens with two attached hydrogens (primary N) is 1. The topological polar surface area (TPSA) is 73.4 Å². The molecule has 2 aromatic rings. The summed E-state index contributed by atoms with van der Waals surface area (Å²) < 4.78 is 0. The Kier molecular flexibility index (Phi) is 8.15. The van der Waals surface area contributed by atoms with Crippen molar-refractivity contribution < 1.29 is 4.84 Å². The SMILES string of the molecule is C=C(/C=C\C=C(\C)N)c1cccc(CCCc2cccc(/C(C)=N/OC)n2)n1. The van der Waals surface area contributed by atoms with E-state index in [2.05, 4.69) is 16.7 Å². The number of aryl methyl sites for hydroxylation is 2. The summed E-state index contributed by atoms with van der Waals surface area (Å²) in [5, 5.41) is 3.94. The van der Waals surface area contributed by atoms with Crippen molar-refractivity contribution in [2.24, 2.45) is 10.9 Å². The van der Waals surface area contributed by atoms with Gasteiger partial charge in [0.1, 0.15) is 12.8 Å². The zero-order chi connectivity index (χ0) is 20.4. The van der Waals surface area contributed by atoms with Crippen LogP contribution < -0.4 is 5.73 Å². The molecule has 2 N–H and O–H groups in total. The van der Waals surface area contributed by atoms with Gasteiger partial charge in [0, 0.05) is 17.1 Å². The van der Waals surface area contributed by atoms with Crippen LogP contribution in [0.5, 0.6) is 0 Å². The van der Waals surface area contributed by atoms with E-state index < -0.39 is 0 Å². The van der Waals surface area contributed by atoms with Crippen molar-refractivity contribution >= 4 is 11.3 Å². The molecule has 146 valence electrons. The van der Waals surface area contributed by atoms with Crippen LogP contribution in [0, 0.1) is 0 Å². The summed E-state index contributed by atoms with van der Waals surface area (Å²) in [4.78, 5) is 14.2. The molecule has 0 fully saturated rings. The second-order valence-electron chi connectivity index (χ2n) is 6.54. The molecule has 0 bridgehead atoms. The molecule has 0 aliphatic rings. The highest BCUT2D eigenvalue weighted by Gasteiger charge is 2.04. The number of aromatic nitrogens is 2. The molecule has 0 saturated heterocycles. The van der Waals surface area contributed by atoms with Crippen molar-refractivity contribution in [3.8, 4) is 0 Å². The monoisotopic (exact) mass is 376 g/mol. The number of oxime groups is 1. The Morgan fingerprint density at radius 3 is 2.29 bits per heavy atom. The standard InChI is InChI=1S/C23H28N4O/c1-17(9-5-10-18(2)24)22-15-7-13-20(25-22)11-6-12-21-14-8-16-23(26-21)19(3)27-28-4/h5,7-10,13-16H,1,6,11-12,24H2,2-4H3/b9-5-,18-10-,27-19+. The normalized spacial score (nSPS) is 12.4. The Balaban J connectivity index is 1.96. The molecule has 0 aliphatic carbocycles. The Hall–Kier alpha value is -3.21.